The Kier molecular flexibility index (Phi) is 6.73. The molecule has 1 aliphatic rings. The smallest absolute Gasteiger partial charge is 0.253 e. The number of carbonyl (C=O) groups excluding carboxylic acids is 1. The largest absolute Gasteiger partial charge is 0.383 e. The van der Waals surface area contributed by atoms with Gasteiger partial charge in [-0.3, -0.25) is 9.69 Å². The topological polar surface area (TPSA) is 32.8 Å². The van der Waals surface area contributed by atoms with E-state index in [0.29, 0.717) is 6.04 Å². The van der Waals surface area contributed by atoms with Gasteiger partial charge in [0.2, 0.25) is 0 Å². The summed E-state index contributed by atoms with van der Waals surface area (Å²) in [5.74, 6) is 1.17. The normalized spacial score (nSPS) is 17.5. The highest BCUT2D eigenvalue weighted by molar-refractivity contribution is 7.99. The molecule has 0 saturated carbocycles. The molecule has 1 aromatic rings. The van der Waals surface area contributed by atoms with Crippen molar-refractivity contribution in [3.63, 3.8) is 0 Å². The molecule has 22 heavy (non-hydrogen) atoms. The minimum absolute atomic E-state index is 0.151. The number of ether oxygens (including phenoxy) is 1. The van der Waals surface area contributed by atoms with Gasteiger partial charge in [0.15, 0.2) is 0 Å². The first kappa shape index (κ1) is 17.3. The Balaban J connectivity index is 1.93. The zero-order valence-electron chi connectivity index (χ0n) is 13.7. The van der Waals surface area contributed by atoms with Gasteiger partial charge in [-0.2, -0.15) is 0 Å². The molecule has 122 valence electrons. The first-order chi connectivity index (χ1) is 10.7. The number of thioether (sulfide) groups is 1. The summed E-state index contributed by atoms with van der Waals surface area (Å²) in [4.78, 5) is 18.1. The molecule has 0 bridgehead atoms. The predicted molar refractivity (Wildman–Crippen MR) is 91.7 cm³/mol. The van der Waals surface area contributed by atoms with E-state index in [1.165, 1.54) is 4.90 Å². The van der Waals surface area contributed by atoms with Crippen LogP contribution in [0.25, 0.3) is 0 Å². The summed E-state index contributed by atoms with van der Waals surface area (Å²) in [5, 5.41) is 0. The van der Waals surface area contributed by atoms with Gasteiger partial charge >= 0.3 is 0 Å². The van der Waals surface area contributed by atoms with Crippen LogP contribution < -0.4 is 0 Å². The molecular weight excluding hydrogens is 296 g/mol. The average molecular weight is 322 g/mol. The molecule has 1 aliphatic heterocycles. The van der Waals surface area contributed by atoms with E-state index in [9.17, 15) is 4.79 Å². The van der Waals surface area contributed by atoms with Gasteiger partial charge < -0.3 is 9.64 Å². The summed E-state index contributed by atoms with van der Waals surface area (Å²) in [5.41, 5.74) is 0.803. The highest BCUT2D eigenvalue weighted by Crippen LogP contribution is 2.20. The molecule has 0 N–H and O–H groups in total. The third-order valence-corrected chi connectivity index (χ3v) is 4.90. The lowest BCUT2D eigenvalue weighted by atomic mass is 10.1. The molecule has 2 rings (SSSR count). The molecule has 1 aromatic carbocycles. The molecular formula is C17H26N2O2S. The van der Waals surface area contributed by atoms with E-state index in [-0.39, 0.29) is 5.91 Å². The van der Waals surface area contributed by atoms with Crippen LogP contribution in [0, 0.1) is 0 Å². The standard InChI is InChI=1S/C17H26N2O2S/c1-4-22-16-7-5-6-15(12-16)17(20)19-10-8-18(9-11-19)14(2)13-21-3/h5-7,12,14H,4,8-11,13H2,1-3H3. The van der Waals surface area contributed by atoms with Crippen LogP contribution in [-0.4, -0.2) is 67.4 Å². The second-order valence-corrected chi connectivity index (χ2v) is 6.93. The number of rotatable bonds is 6. The number of piperazine rings is 1. The fourth-order valence-corrected chi connectivity index (χ4v) is 3.50. The lowest BCUT2D eigenvalue weighted by Gasteiger charge is -2.37. The first-order valence-electron chi connectivity index (χ1n) is 7.90. The number of amides is 1. The molecule has 1 amide bonds. The first-order valence-corrected chi connectivity index (χ1v) is 8.89. The van der Waals surface area contributed by atoms with Crippen LogP contribution in [0.2, 0.25) is 0 Å². The van der Waals surface area contributed by atoms with E-state index in [1.807, 2.05) is 23.1 Å². The molecule has 5 heteroatoms. The van der Waals surface area contributed by atoms with E-state index in [1.54, 1.807) is 18.9 Å². The third-order valence-electron chi connectivity index (χ3n) is 4.02. The minimum atomic E-state index is 0.151. The van der Waals surface area contributed by atoms with Crippen molar-refractivity contribution < 1.29 is 9.53 Å². The van der Waals surface area contributed by atoms with Crippen LogP contribution in [0.5, 0.6) is 0 Å². The maximum Gasteiger partial charge on any atom is 0.253 e. The lowest BCUT2D eigenvalue weighted by Crippen LogP contribution is -2.52. The predicted octanol–water partition coefficient (Wildman–Crippen LogP) is 2.59. The minimum Gasteiger partial charge on any atom is -0.383 e. The molecule has 1 heterocycles. The van der Waals surface area contributed by atoms with Crippen LogP contribution in [0.15, 0.2) is 29.2 Å². The van der Waals surface area contributed by atoms with Gasteiger partial charge in [0, 0.05) is 49.8 Å². The number of hydrogen-bond acceptors (Lipinski definition) is 4. The van der Waals surface area contributed by atoms with Gasteiger partial charge in [-0.1, -0.05) is 13.0 Å². The fraction of sp³-hybridized carbons (Fsp3) is 0.588. The van der Waals surface area contributed by atoms with E-state index >= 15 is 0 Å². The fourth-order valence-electron chi connectivity index (χ4n) is 2.78. The van der Waals surface area contributed by atoms with Crippen molar-refractivity contribution in [1.29, 1.82) is 0 Å². The van der Waals surface area contributed by atoms with Gasteiger partial charge in [-0.15, -0.1) is 11.8 Å². The van der Waals surface area contributed by atoms with Crippen LogP contribution in [0.1, 0.15) is 24.2 Å². The Hall–Kier alpha value is -1.04. The molecule has 1 unspecified atom stereocenters. The summed E-state index contributed by atoms with van der Waals surface area (Å²) in [7, 11) is 1.73. The average Bonchev–Trinajstić information content (AvgIpc) is 2.55. The van der Waals surface area contributed by atoms with Crippen molar-refractivity contribution in [1.82, 2.24) is 9.80 Å². The number of hydrogen-bond donors (Lipinski definition) is 0. The molecule has 4 nitrogen and oxygen atoms in total. The number of nitrogens with zero attached hydrogens (tertiary/aromatic N) is 2. The van der Waals surface area contributed by atoms with E-state index < -0.39 is 0 Å². The monoisotopic (exact) mass is 322 g/mol. The number of methoxy groups -OCH3 is 1. The van der Waals surface area contributed by atoms with Crippen molar-refractivity contribution in [2.45, 2.75) is 24.8 Å². The van der Waals surface area contributed by atoms with Crippen molar-refractivity contribution in [2.75, 3.05) is 45.6 Å². The summed E-state index contributed by atoms with van der Waals surface area (Å²) in [6.07, 6.45) is 0. The maximum atomic E-state index is 12.6. The second-order valence-electron chi connectivity index (χ2n) is 5.59. The van der Waals surface area contributed by atoms with Gasteiger partial charge in [0.1, 0.15) is 0 Å². The molecule has 0 aliphatic carbocycles. The summed E-state index contributed by atoms with van der Waals surface area (Å²) in [6, 6.07) is 8.38. The molecule has 1 atom stereocenters. The van der Waals surface area contributed by atoms with E-state index in [0.717, 1.165) is 44.1 Å². The van der Waals surface area contributed by atoms with E-state index in [2.05, 4.69) is 24.8 Å². The quantitative estimate of drug-likeness (QED) is 0.754. The Bertz CT molecular complexity index is 487. The maximum absolute atomic E-state index is 12.6. The highest BCUT2D eigenvalue weighted by Gasteiger charge is 2.24. The van der Waals surface area contributed by atoms with Crippen LogP contribution in [0.3, 0.4) is 0 Å². The highest BCUT2D eigenvalue weighted by atomic mass is 32.2. The van der Waals surface area contributed by atoms with Gasteiger partial charge in [0.25, 0.3) is 5.91 Å². The van der Waals surface area contributed by atoms with Crippen LogP contribution in [-0.2, 0) is 4.74 Å². The van der Waals surface area contributed by atoms with Crippen molar-refractivity contribution in [3.05, 3.63) is 29.8 Å². The van der Waals surface area contributed by atoms with Crippen LogP contribution in [0.4, 0.5) is 0 Å². The molecule has 0 aromatic heterocycles. The molecule has 0 radical (unpaired) electrons. The Morgan fingerprint density at radius 1 is 1.32 bits per heavy atom. The Labute approximate surface area is 137 Å². The second kappa shape index (κ2) is 8.56. The number of benzene rings is 1. The van der Waals surface area contributed by atoms with Crippen molar-refractivity contribution in [2.24, 2.45) is 0 Å². The lowest BCUT2D eigenvalue weighted by molar-refractivity contribution is 0.0448. The Morgan fingerprint density at radius 2 is 2.05 bits per heavy atom. The number of carbonyl (C=O) groups is 1. The van der Waals surface area contributed by atoms with Gasteiger partial charge in [0.05, 0.1) is 6.61 Å². The molecule has 1 fully saturated rings. The van der Waals surface area contributed by atoms with Crippen molar-refractivity contribution in [3.8, 4) is 0 Å². The zero-order valence-corrected chi connectivity index (χ0v) is 14.6. The third kappa shape index (κ3) is 4.48. The van der Waals surface area contributed by atoms with E-state index in [4.69, 9.17) is 4.74 Å². The zero-order chi connectivity index (χ0) is 15.9. The van der Waals surface area contributed by atoms with Crippen LogP contribution >= 0.6 is 11.8 Å². The SMILES string of the molecule is CCSc1cccc(C(=O)N2CCN(C(C)COC)CC2)c1. The Morgan fingerprint density at radius 3 is 2.68 bits per heavy atom. The molecule has 1 saturated heterocycles. The van der Waals surface area contributed by atoms with Gasteiger partial charge in [-0.05, 0) is 30.9 Å². The molecule has 0 spiro atoms. The van der Waals surface area contributed by atoms with Gasteiger partial charge in [-0.25, -0.2) is 0 Å². The summed E-state index contributed by atoms with van der Waals surface area (Å²) >= 11 is 1.77. The summed E-state index contributed by atoms with van der Waals surface area (Å²) in [6.45, 7) is 8.45. The van der Waals surface area contributed by atoms with Crippen molar-refractivity contribution >= 4 is 17.7 Å². The summed E-state index contributed by atoms with van der Waals surface area (Å²) < 4.78 is 5.21.